The summed E-state index contributed by atoms with van der Waals surface area (Å²) < 4.78 is 2.17. The van der Waals surface area contributed by atoms with Crippen LogP contribution in [0, 0.1) is 6.92 Å². The molecule has 0 saturated carbocycles. The van der Waals surface area contributed by atoms with E-state index in [1.807, 2.05) is 33.2 Å². The van der Waals surface area contributed by atoms with Crippen molar-refractivity contribution in [3.05, 3.63) is 18.2 Å². The van der Waals surface area contributed by atoms with Crippen LogP contribution in [0.1, 0.15) is 51.8 Å². The van der Waals surface area contributed by atoms with E-state index in [2.05, 4.69) is 14.9 Å². The van der Waals surface area contributed by atoms with Gasteiger partial charge in [0.15, 0.2) is 0 Å². The van der Waals surface area contributed by atoms with E-state index in [0.717, 1.165) is 31.6 Å². The molecular weight excluding hydrogens is 226 g/mol. The monoisotopic (exact) mass is 251 g/mol. The molecule has 1 aromatic rings. The second-order valence-corrected chi connectivity index (χ2v) is 5.05. The van der Waals surface area contributed by atoms with Crippen molar-refractivity contribution in [2.75, 3.05) is 0 Å². The van der Waals surface area contributed by atoms with Gasteiger partial charge >= 0.3 is 0 Å². The van der Waals surface area contributed by atoms with Crippen LogP contribution in [0.4, 0.5) is 0 Å². The van der Waals surface area contributed by atoms with Crippen LogP contribution in [-0.4, -0.2) is 21.5 Å². The molecule has 102 valence electrons. The van der Waals surface area contributed by atoms with Gasteiger partial charge in [-0.05, 0) is 33.6 Å². The van der Waals surface area contributed by atoms with Crippen LogP contribution >= 0.6 is 0 Å². The zero-order valence-corrected chi connectivity index (χ0v) is 11.8. The van der Waals surface area contributed by atoms with Gasteiger partial charge in [0.05, 0.1) is 0 Å². The number of carbonyl (C=O) groups excluding carboxylic acids is 1. The first-order valence-corrected chi connectivity index (χ1v) is 6.86. The summed E-state index contributed by atoms with van der Waals surface area (Å²) in [5.41, 5.74) is 0. The van der Waals surface area contributed by atoms with Crippen LogP contribution in [0.3, 0.4) is 0 Å². The molecule has 0 unspecified atom stereocenters. The van der Waals surface area contributed by atoms with Gasteiger partial charge in [0.1, 0.15) is 5.82 Å². The highest BCUT2D eigenvalue weighted by Crippen LogP contribution is 2.06. The number of unbranched alkanes of at least 4 members (excludes halogenated alkanes) is 3. The van der Waals surface area contributed by atoms with Crippen molar-refractivity contribution >= 4 is 5.91 Å². The SMILES string of the molecule is Cc1nccn1CCCCCCC(=O)NC(C)C. The number of hydrogen-bond acceptors (Lipinski definition) is 2. The van der Waals surface area contributed by atoms with E-state index in [-0.39, 0.29) is 11.9 Å². The Balaban J connectivity index is 1.99. The van der Waals surface area contributed by atoms with Gasteiger partial charge in [-0.25, -0.2) is 4.98 Å². The zero-order valence-electron chi connectivity index (χ0n) is 11.8. The number of nitrogens with one attached hydrogen (secondary N) is 1. The predicted octanol–water partition coefficient (Wildman–Crippen LogP) is 2.67. The maximum absolute atomic E-state index is 11.4. The smallest absolute Gasteiger partial charge is 0.220 e. The Morgan fingerprint density at radius 3 is 2.67 bits per heavy atom. The van der Waals surface area contributed by atoms with Gasteiger partial charge in [-0.15, -0.1) is 0 Å². The summed E-state index contributed by atoms with van der Waals surface area (Å²) in [6, 6.07) is 0.252. The first-order chi connectivity index (χ1) is 8.59. The fraction of sp³-hybridized carbons (Fsp3) is 0.714. The fourth-order valence-corrected chi connectivity index (χ4v) is 1.96. The summed E-state index contributed by atoms with van der Waals surface area (Å²) in [6.45, 7) is 7.04. The molecule has 1 amide bonds. The highest BCUT2D eigenvalue weighted by atomic mass is 16.1. The van der Waals surface area contributed by atoms with E-state index < -0.39 is 0 Å². The van der Waals surface area contributed by atoms with Crippen molar-refractivity contribution in [3.8, 4) is 0 Å². The van der Waals surface area contributed by atoms with E-state index in [1.54, 1.807) is 0 Å². The van der Waals surface area contributed by atoms with E-state index in [9.17, 15) is 4.79 Å². The summed E-state index contributed by atoms with van der Waals surface area (Å²) in [4.78, 5) is 15.6. The third-order valence-electron chi connectivity index (χ3n) is 2.93. The highest BCUT2D eigenvalue weighted by Gasteiger charge is 2.02. The van der Waals surface area contributed by atoms with Crippen LogP contribution < -0.4 is 5.32 Å². The Morgan fingerprint density at radius 1 is 1.33 bits per heavy atom. The first-order valence-electron chi connectivity index (χ1n) is 6.86. The van der Waals surface area contributed by atoms with Crippen molar-refractivity contribution < 1.29 is 4.79 Å². The quantitative estimate of drug-likeness (QED) is 0.722. The lowest BCUT2D eigenvalue weighted by molar-refractivity contribution is -0.121. The van der Waals surface area contributed by atoms with E-state index >= 15 is 0 Å². The third kappa shape index (κ3) is 5.84. The van der Waals surface area contributed by atoms with Gasteiger partial charge in [-0.1, -0.05) is 12.8 Å². The largest absolute Gasteiger partial charge is 0.354 e. The molecule has 18 heavy (non-hydrogen) atoms. The van der Waals surface area contributed by atoms with Crippen molar-refractivity contribution in [3.63, 3.8) is 0 Å². The van der Waals surface area contributed by atoms with Gasteiger partial charge in [0.25, 0.3) is 0 Å². The minimum atomic E-state index is 0.176. The summed E-state index contributed by atoms with van der Waals surface area (Å²) in [5.74, 6) is 1.25. The summed E-state index contributed by atoms with van der Waals surface area (Å²) >= 11 is 0. The number of imidazole rings is 1. The molecule has 0 radical (unpaired) electrons. The summed E-state index contributed by atoms with van der Waals surface area (Å²) in [7, 11) is 0. The molecular formula is C14H25N3O. The Morgan fingerprint density at radius 2 is 2.06 bits per heavy atom. The molecule has 0 atom stereocenters. The van der Waals surface area contributed by atoms with Gasteiger partial charge in [-0.3, -0.25) is 4.79 Å². The van der Waals surface area contributed by atoms with Crippen LogP contribution in [0.15, 0.2) is 12.4 Å². The zero-order chi connectivity index (χ0) is 13.4. The molecule has 0 aliphatic heterocycles. The molecule has 1 heterocycles. The number of aryl methyl sites for hydroxylation is 2. The molecule has 0 saturated heterocycles. The highest BCUT2D eigenvalue weighted by molar-refractivity contribution is 5.76. The molecule has 1 rings (SSSR count). The van der Waals surface area contributed by atoms with Gasteiger partial charge in [0.2, 0.25) is 5.91 Å². The summed E-state index contributed by atoms with van der Waals surface area (Å²) in [6.07, 6.45) is 8.95. The molecule has 4 heteroatoms. The third-order valence-corrected chi connectivity index (χ3v) is 2.93. The average Bonchev–Trinajstić information content (AvgIpc) is 2.68. The van der Waals surface area contributed by atoms with Crippen molar-refractivity contribution in [2.24, 2.45) is 0 Å². The molecule has 0 aliphatic carbocycles. The topological polar surface area (TPSA) is 46.9 Å². The number of amides is 1. The molecule has 0 aliphatic rings. The maximum atomic E-state index is 11.4. The molecule has 0 fully saturated rings. The van der Waals surface area contributed by atoms with Crippen LogP contribution in [0.25, 0.3) is 0 Å². The molecule has 4 nitrogen and oxygen atoms in total. The Labute approximate surface area is 110 Å². The predicted molar refractivity (Wildman–Crippen MR) is 73.3 cm³/mol. The maximum Gasteiger partial charge on any atom is 0.220 e. The van der Waals surface area contributed by atoms with Gasteiger partial charge in [0, 0.05) is 31.4 Å². The van der Waals surface area contributed by atoms with E-state index in [4.69, 9.17) is 0 Å². The Bertz CT molecular complexity index is 358. The van der Waals surface area contributed by atoms with Gasteiger partial charge < -0.3 is 9.88 Å². The lowest BCUT2D eigenvalue weighted by Crippen LogP contribution is -2.29. The Hall–Kier alpha value is -1.32. The lowest BCUT2D eigenvalue weighted by Gasteiger charge is -2.08. The van der Waals surface area contributed by atoms with Crippen molar-refractivity contribution in [2.45, 2.75) is 65.5 Å². The summed E-state index contributed by atoms with van der Waals surface area (Å²) in [5, 5.41) is 2.91. The van der Waals surface area contributed by atoms with Crippen LogP contribution in [0.2, 0.25) is 0 Å². The normalized spacial score (nSPS) is 10.9. The molecule has 0 spiro atoms. The number of carbonyl (C=O) groups is 1. The molecule has 1 N–H and O–H groups in total. The standard InChI is InChI=1S/C14H25N3O/c1-12(2)16-14(18)8-6-4-5-7-10-17-11-9-15-13(17)3/h9,11-12H,4-8,10H2,1-3H3,(H,16,18). The van der Waals surface area contributed by atoms with Crippen LogP contribution in [0.5, 0.6) is 0 Å². The van der Waals surface area contributed by atoms with Crippen LogP contribution in [-0.2, 0) is 11.3 Å². The number of nitrogens with zero attached hydrogens (tertiary/aromatic N) is 2. The number of hydrogen-bond donors (Lipinski definition) is 1. The fourth-order valence-electron chi connectivity index (χ4n) is 1.96. The average molecular weight is 251 g/mol. The van der Waals surface area contributed by atoms with E-state index in [0.29, 0.717) is 6.42 Å². The minimum Gasteiger partial charge on any atom is -0.354 e. The lowest BCUT2D eigenvalue weighted by atomic mass is 10.1. The Kier molecular flexibility index (Phi) is 6.47. The second kappa shape index (κ2) is 7.90. The van der Waals surface area contributed by atoms with E-state index in [1.165, 1.54) is 6.42 Å². The van der Waals surface area contributed by atoms with Gasteiger partial charge in [-0.2, -0.15) is 0 Å². The number of aromatic nitrogens is 2. The first kappa shape index (κ1) is 14.7. The molecule has 0 aromatic carbocycles. The molecule has 1 aromatic heterocycles. The minimum absolute atomic E-state index is 0.176. The van der Waals surface area contributed by atoms with Crippen molar-refractivity contribution in [1.82, 2.24) is 14.9 Å². The van der Waals surface area contributed by atoms with Crippen molar-refractivity contribution in [1.29, 1.82) is 0 Å². The molecule has 0 bridgehead atoms. The second-order valence-electron chi connectivity index (χ2n) is 5.05. The number of rotatable bonds is 8.